The molecule has 0 saturated carbocycles. The summed E-state index contributed by atoms with van der Waals surface area (Å²) in [7, 11) is 0. The summed E-state index contributed by atoms with van der Waals surface area (Å²) in [5.74, 6) is 0. The van der Waals surface area contributed by atoms with Crippen LogP contribution in [0, 0.1) is 13.1 Å². The summed E-state index contributed by atoms with van der Waals surface area (Å²) in [6, 6.07) is 44.6. The highest BCUT2D eigenvalue weighted by atomic mass is 15.2. The van der Waals surface area contributed by atoms with Gasteiger partial charge in [-0.1, -0.05) is 103 Å². The van der Waals surface area contributed by atoms with Crippen LogP contribution in [0.2, 0.25) is 0 Å². The molecule has 1 spiro atoms. The maximum absolute atomic E-state index is 7.87. The Balaban J connectivity index is 1.46. The van der Waals surface area contributed by atoms with Crippen molar-refractivity contribution in [3.8, 4) is 22.4 Å². The van der Waals surface area contributed by atoms with Gasteiger partial charge in [0.15, 0.2) is 5.69 Å². The van der Waals surface area contributed by atoms with Gasteiger partial charge in [-0.25, -0.2) is 9.69 Å². The summed E-state index contributed by atoms with van der Waals surface area (Å²) in [6.07, 6.45) is 1.55. The van der Waals surface area contributed by atoms with Crippen molar-refractivity contribution in [1.82, 2.24) is 4.98 Å². The predicted molar refractivity (Wildman–Crippen MR) is 168 cm³/mol. The Hall–Kier alpha value is -5.97. The van der Waals surface area contributed by atoms with E-state index in [1.165, 1.54) is 33.4 Å². The van der Waals surface area contributed by atoms with Crippen molar-refractivity contribution in [2.24, 2.45) is 0 Å². The third kappa shape index (κ3) is 3.07. The van der Waals surface area contributed by atoms with Crippen LogP contribution in [-0.4, -0.2) is 4.98 Å². The van der Waals surface area contributed by atoms with E-state index in [1.807, 2.05) is 18.2 Å². The molecule has 4 heteroatoms. The lowest BCUT2D eigenvalue weighted by Gasteiger charge is -2.45. The summed E-state index contributed by atoms with van der Waals surface area (Å²) >= 11 is 0. The molecular formula is C38H22N4. The van der Waals surface area contributed by atoms with Crippen LogP contribution >= 0.6 is 0 Å². The molecule has 5 aromatic carbocycles. The van der Waals surface area contributed by atoms with E-state index in [0.717, 1.165) is 22.6 Å². The molecule has 0 radical (unpaired) electrons. The number of hydrogen-bond acceptors (Lipinski definition) is 2. The zero-order chi connectivity index (χ0) is 28.3. The highest BCUT2D eigenvalue weighted by molar-refractivity contribution is 5.99. The molecule has 4 nitrogen and oxygen atoms in total. The summed E-state index contributed by atoms with van der Waals surface area (Å²) in [4.78, 5) is 14.2. The molecule has 1 aliphatic carbocycles. The van der Waals surface area contributed by atoms with Crippen LogP contribution in [-0.2, 0) is 5.41 Å². The summed E-state index contributed by atoms with van der Waals surface area (Å²) in [5.41, 5.74) is 12.2. The Kier molecular flexibility index (Phi) is 5.13. The molecule has 6 aromatic rings. The predicted octanol–water partition coefficient (Wildman–Crippen LogP) is 10.00. The monoisotopic (exact) mass is 534 g/mol. The highest BCUT2D eigenvalue weighted by Gasteiger charge is 2.51. The van der Waals surface area contributed by atoms with E-state index in [-0.39, 0.29) is 0 Å². The van der Waals surface area contributed by atoms with Gasteiger partial charge in [-0.2, -0.15) is 0 Å². The van der Waals surface area contributed by atoms with Crippen molar-refractivity contribution in [2.45, 2.75) is 5.41 Å². The fraction of sp³-hybridized carbons (Fsp3) is 0.0263. The lowest BCUT2D eigenvalue weighted by Crippen LogP contribution is -2.36. The molecule has 0 fully saturated rings. The number of nitrogens with zero attached hydrogens (tertiary/aromatic N) is 4. The molecule has 8 rings (SSSR count). The van der Waals surface area contributed by atoms with Crippen LogP contribution < -0.4 is 4.90 Å². The molecule has 1 aliphatic heterocycles. The van der Waals surface area contributed by atoms with E-state index < -0.39 is 5.41 Å². The minimum atomic E-state index is -0.483. The van der Waals surface area contributed by atoms with Crippen LogP contribution in [0.1, 0.15) is 22.3 Å². The van der Waals surface area contributed by atoms with E-state index in [0.29, 0.717) is 17.1 Å². The first-order valence-electron chi connectivity index (χ1n) is 13.8. The van der Waals surface area contributed by atoms with Crippen molar-refractivity contribution in [3.05, 3.63) is 179 Å². The first kappa shape index (κ1) is 23.9. The smallest absolute Gasteiger partial charge is 0.203 e. The number of aromatic nitrogens is 1. The fourth-order valence-electron chi connectivity index (χ4n) is 6.99. The molecule has 0 bridgehead atoms. The van der Waals surface area contributed by atoms with Crippen molar-refractivity contribution in [3.63, 3.8) is 0 Å². The number of para-hydroxylation sites is 3. The van der Waals surface area contributed by atoms with Crippen molar-refractivity contribution >= 4 is 28.4 Å². The van der Waals surface area contributed by atoms with Gasteiger partial charge in [0, 0.05) is 11.8 Å². The Morgan fingerprint density at radius 1 is 0.524 bits per heavy atom. The van der Waals surface area contributed by atoms with Crippen molar-refractivity contribution in [2.75, 3.05) is 4.90 Å². The molecule has 0 amide bonds. The molecule has 0 saturated heterocycles. The maximum Gasteiger partial charge on any atom is 0.203 e. The molecule has 1 aromatic heterocycles. The summed E-state index contributed by atoms with van der Waals surface area (Å²) in [6.45, 7) is 15.3. The van der Waals surface area contributed by atoms with E-state index in [1.54, 1.807) is 12.3 Å². The van der Waals surface area contributed by atoms with Crippen LogP contribution in [0.25, 0.3) is 32.1 Å². The van der Waals surface area contributed by atoms with Gasteiger partial charge in [0.2, 0.25) is 5.69 Å². The van der Waals surface area contributed by atoms with Crippen LogP contribution in [0.5, 0.6) is 0 Å². The standard InChI is InChI=1S/C38H22N4/c1-39-25-23-33(40-2)37(41-24-25)28-15-5-10-20-34(28)42-35-21-11-8-18-31(35)38(32-19-9-12-22-36(32)42)29-16-6-3-13-26(29)27-14-4-7-17-30(27)38/h3-24H. The normalized spacial score (nSPS) is 13.3. The lowest BCUT2D eigenvalue weighted by atomic mass is 9.64. The second-order valence-corrected chi connectivity index (χ2v) is 10.5. The molecule has 0 atom stereocenters. The average molecular weight is 535 g/mol. The second kappa shape index (κ2) is 9.03. The van der Waals surface area contributed by atoms with Crippen molar-refractivity contribution in [1.29, 1.82) is 0 Å². The van der Waals surface area contributed by atoms with E-state index in [2.05, 4.69) is 123 Å². The fourth-order valence-corrected chi connectivity index (χ4v) is 6.99. The largest absolute Gasteiger partial charge is 0.309 e. The Morgan fingerprint density at radius 2 is 1.00 bits per heavy atom. The van der Waals surface area contributed by atoms with E-state index in [4.69, 9.17) is 13.1 Å². The van der Waals surface area contributed by atoms with Crippen LogP contribution in [0.4, 0.5) is 28.4 Å². The maximum atomic E-state index is 7.87. The number of pyridine rings is 1. The summed E-state index contributed by atoms with van der Waals surface area (Å²) in [5, 5.41) is 0. The zero-order valence-corrected chi connectivity index (χ0v) is 22.5. The van der Waals surface area contributed by atoms with Crippen LogP contribution in [0.15, 0.2) is 134 Å². The zero-order valence-electron chi connectivity index (χ0n) is 22.5. The van der Waals surface area contributed by atoms with E-state index >= 15 is 0 Å². The molecule has 2 aliphatic rings. The van der Waals surface area contributed by atoms with Gasteiger partial charge in [0.25, 0.3) is 0 Å². The number of benzene rings is 5. The minimum Gasteiger partial charge on any atom is -0.309 e. The quantitative estimate of drug-likeness (QED) is 0.206. The molecular weight excluding hydrogens is 512 g/mol. The van der Waals surface area contributed by atoms with Gasteiger partial charge >= 0.3 is 0 Å². The first-order valence-corrected chi connectivity index (χ1v) is 13.8. The van der Waals surface area contributed by atoms with Crippen LogP contribution in [0.3, 0.4) is 0 Å². The first-order chi connectivity index (χ1) is 20.8. The molecule has 2 heterocycles. The highest BCUT2D eigenvalue weighted by Crippen LogP contribution is 2.63. The average Bonchev–Trinajstić information content (AvgIpc) is 3.36. The third-order valence-electron chi connectivity index (χ3n) is 8.55. The second-order valence-electron chi connectivity index (χ2n) is 10.5. The Morgan fingerprint density at radius 3 is 1.55 bits per heavy atom. The third-order valence-corrected chi connectivity index (χ3v) is 8.55. The number of rotatable bonds is 2. The van der Waals surface area contributed by atoms with E-state index in [9.17, 15) is 0 Å². The van der Waals surface area contributed by atoms with Crippen molar-refractivity contribution < 1.29 is 0 Å². The molecule has 0 unspecified atom stereocenters. The number of fused-ring (bicyclic) bond motifs is 9. The minimum absolute atomic E-state index is 0.358. The molecule has 0 N–H and O–H groups in total. The molecule has 194 valence electrons. The van der Waals surface area contributed by atoms with Gasteiger partial charge in [-0.3, -0.25) is 4.98 Å². The SMILES string of the molecule is [C-]#[N+]c1cnc(-c2ccccc2N2c3ccccc3C3(c4ccccc4-c4ccccc43)c3ccccc32)c([N+]#[C-])c1. The lowest BCUT2D eigenvalue weighted by molar-refractivity contribution is 0.753. The number of hydrogen-bond donors (Lipinski definition) is 0. The van der Waals surface area contributed by atoms with Gasteiger partial charge in [-0.05, 0) is 57.6 Å². The van der Waals surface area contributed by atoms with Gasteiger partial charge in [-0.15, -0.1) is 0 Å². The topological polar surface area (TPSA) is 24.9 Å². The van der Waals surface area contributed by atoms with Gasteiger partial charge < -0.3 is 4.90 Å². The summed E-state index contributed by atoms with van der Waals surface area (Å²) < 4.78 is 0. The number of anilines is 3. The Labute approximate surface area is 244 Å². The van der Waals surface area contributed by atoms with Gasteiger partial charge in [0.1, 0.15) is 0 Å². The molecule has 42 heavy (non-hydrogen) atoms. The van der Waals surface area contributed by atoms with Gasteiger partial charge in [0.05, 0.1) is 41.3 Å². The Bertz CT molecular complexity index is 2050.